The molecule has 6 heteroatoms. The van der Waals surface area contributed by atoms with E-state index in [9.17, 15) is 0 Å². The van der Waals surface area contributed by atoms with Gasteiger partial charge >= 0.3 is 0 Å². The minimum Gasteiger partial charge on any atom is -0.456 e. The molecular formula is C51H30N4OS. The van der Waals surface area contributed by atoms with E-state index in [0.717, 1.165) is 86.3 Å². The summed E-state index contributed by atoms with van der Waals surface area (Å²) >= 11 is 1.50. The molecule has 0 radical (unpaired) electrons. The topological polar surface area (TPSA) is 56.7 Å². The van der Waals surface area contributed by atoms with Crippen LogP contribution in [0.15, 0.2) is 186 Å². The van der Waals surface area contributed by atoms with Crippen LogP contribution in [-0.4, -0.2) is 19.5 Å². The molecule has 266 valence electrons. The van der Waals surface area contributed by atoms with E-state index in [1.807, 2.05) is 103 Å². The summed E-state index contributed by atoms with van der Waals surface area (Å²) < 4.78 is 53.5. The molecule has 0 spiro atoms. The zero-order valence-electron chi connectivity index (χ0n) is 35.0. The SMILES string of the molecule is [2H]c1c([2H])c([2H])c(-c2cccc3c2sc2c(-c4nc(-c5ccccc5)nc(-c5cccc6oc7ccccc7c56)n4)cc(-n4c5ccccc5c5ccccc54)cc23)c([2H])c1[2H]. The largest absolute Gasteiger partial charge is 0.456 e. The third-order valence-electron chi connectivity index (χ3n) is 10.7. The summed E-state index contributed by atoms with van der Waals surface area (Å²) in [5.74, 6) is 1.45. The van der Waals surface area contributed by atoms with Crippen LogP contribution in [0.25, 0.3) is 115 Å². The molecule has 0 unspecified atom stereocenters. The molecule has 12 rings (SSSR count). The van der Waals surface area contributed by atoms with E-state index in [1.165, 1.54) is 11.3 Å². The lowest BCUT2D eigenvalue weighted by Gasteiger charge is -2.13. The number of hydrogen-bond donors (Lipinski definition) is 0. The molecule has 0 saturated heterocycles. The van der Waals surface area contributed by atoms with E-state index in [1.54, 1.807) is 0 Å². The zero-order chi connectivity index (χ0) is 41.8. The summed E-state index contributed by atoms with van der Waals surface area (Å²) in [5, 5.41) is 5.91. The van der Waals surface area contributed by atoms with Gasteiger partial charge in [-0.1, -0.05) is 145 Å². The fraction of sp³-hybridized carbons (Fsp3) is 0. The normalized spacial score (nSPS) is 13.1. The first kappa shape index (κ1) is 27.2. The summed E-state index contributed by atoms with van der Waals surface area (Å²) in [6, 6.07) is 49.0. The molecular weight excluding hydrogens is 717 g/mol. The second-order valence-corrected chi connectivity index (χ2v) is 15.0. The van der Waals surface area contributed by atoms with Gasteiger partial charge in [0.2, 0.25) is 0 Å². The van der Waals surface area contributed by atoms with Crippen molar-refractivity contribution in [2.45, 2.75) is 0 Å². The van der Waals surface area contributed by atoms with Crippen LogP contribution in [0.1, 0.15) is 6.85 Å². The first-order chi connectivity index (χ1) is 30.3. The van der Waals surface area contributed by atoms with E-state index in [-0.39, 0.29) is 29.7 Å². The lowest BCUT2D eigenvalue weighted by Crippen LogP contribution is -2.01. The molecule has 0 aliphatic carbocycles. The van der Waals surface area contributed by atoms with Gasteiger partial charge in [0.15, 0.2) is 17.5 Å². The van der Waals surface area contributed by atoms with Gasteiger partial charge < -0.3 is 8.98 Å². The van der Waals surface area contributed by atoms with Gasteiger partial charge in [-0.3, -0.25) is 0 Å². The first-order valence-electron chi connectivity index (χ1n) is 21.1. The number of thiophene rings is 1. The predicted octanol–water partition coefficient (Wildman–Crippen LogP) is 13.9. The average molecular weight is 752 g/mol. The third kappa shape index (κ3) is 4.98. The lowest BCUT2D eigenvalue weighted by atomic mass is 10.0. The molecule has 0 N–H and O–H groups in total. The second-order valence-electron chi connectivity index (χ2n) is 14.0. The highest BCUT2D eigenvalue weighted by atomic mass is 32.1. The molecule has 0 aliphatic rings. The Bertz CT molecular complexity index is 3760. The molecule has 0 saturated carbocycles. The molecule has 57 heavy (non-hydrogen) atoms. The molecule has 0 amide bonds. The van der Waals surface area contributed by atoms with Crippen LogP contribution < -0.4 is 0 Å². The van der Waals surface area contributed by atoms with Crippen molar-refractivity contribution in [3.63, 3.8) is 0 Å². The first-order valence-corrected chi connectivity index (χ1v) is 19.4. The minimum atomic E-state index is -0.427. The van der Waals surface area contributed by atoms with Crippen LogP contribution >= 0.6 is 11.3 Å². The fourth-order valence-corrected chi connectivity index (χ4v) is 9.57. The fourth-order valence-electron chi connectivity index (χ4n) is 8.26. The molecule has 12 aromatic rings. The van der Waals surface area contributed by atoms with Gasteiger partial charge in [0, 0.05) is 64.1 Å². The van der Waals surface area contributed by atoms with Crippen molar-refractivity contribution >= 4 is 75.3 Å². The Hall–Kier alpha value is -7.41. The summed E-state index contributed by atoms with van der Waals surface area (Å²) in [6.45, 7) is 0. The van der Waals surface area contributed by atoms with Gasteiger partial charge in [-0.15, -0.1) is 11.3 Å². The maximum atomic E-state index is 8.94. The number of benzene rings is 8. The maximum absolute atomic E-state index is 8.94. The van der Waals surface area contributed by atoms with Crippen molar-refractivity contribution in [2.24, 2.45) is 0 Å². The Labute approximate surface area is 337 Å². The van der Waals surface area contributed by atoms with Gasteiger partial charge in [-0.2, -0.15) is 0 Å². The summed E-state index contributed by atoms with van der Waals surface area (Å²) in [6.07, 6.45) is 0. The van der Waals surface area contributed by atoms with Crippen LogP contribution in [0.5, 0.6) is 0 Å². The Morgan fingerprint density at radius 1 is 0.456 bits per heavy atom. The number of furan rings is 1. The van der Waals surface area contributed by atoms with Gasteiger partial charge in [0.25, 0.3) is 0 Å². The quantitative estimate of drug-likeness (QED) is 0.176. The van der Waals surface area contributed by atoms with E-state index in [4.69, 9.17) is 26.2 Å². The molecule has 0 aliphatic heterocycles. The van der Waals surface area contributed by atoms with Crippen molar-refractivity contribution in [1.82, 2.24) is 19.5 Å². The van der Waals surface area contributed by atoms with E-state index in [2.05, 4.69) is 53.1 Å². The molecule has 0 fully saturated rings. The molecule has 8 aromatic carbocycles. The summed E-state index contributed by atoms with van der Waals surface area (Å²) in [5.41, 5.74) is 7.59. The Morgan fingerprint density at radius 2 is 1.05 bits per heavy atom. The van der Waals surface area contributed by atoms with E-state index < -0.39 is 6.04 Å². The zero-order valence-corrected chi connectivity index (χ0v) is 30.9. The standard InChI is InChI=1S/C51H30N4OS/c1-3-15-31(16-4-1)34-22-13-23-37-40-29-33(55-42-25-10-7-19-35(42)36-20-8-11-26-43(36)55)30-41(48(40)57-47(34)37)51-53-49(32-17-5-2-6-18-32)52-50(54-51)39-24-14-28-45-46(39)38-21-9-12-27-44(38)56-45/h1-30H/i1D,3D,4D,15D,16D. The number of aromatic nitrogens is 4. The summed E-state index contributed by atoms with van der Waals surface area (Å²) in [7, 11) is 0. The molecule has 4 aromatic heterocycles. The van der Waals surface area contributed by atoms with Crippen molar-refractivity contribution in [2.75, 3.05) is 0 Å². The van der Waals surface area contributed by atoms with Gasteiger partial charge in [-0.05, 0) is 47.5 Å². The third-order valence-corrected chi connectivity index (χ3v) is 12.0. The maximum Gasteiger partial charge on any atom is 0.165 e. The van der Waals surface area contributed by atoms with Crippen LogP contribution in [0, 0.1) is 0 Å². The highest BCUT2D eigenvalue weighted by Gasteiger charge is 2.23. The van der Waals surface area contributed by atoms with E-state index in [0.29, 0.717) is 23.0 Å². The van der Waals surface area contributed by atoms with Gasteiger partial charge in [0.1, 0.15) is 11.2 Å². The predicted molar refractivity (Wildman–Crippen MR) is 236 cm³/mol. The number of fused-ring (bicyclic) bond motifs is 9. The Kier molecular flexibility index (Phi) is 6.00. The van der Waals surface area contributed by atoms with Gasteiger partial charge in [0.05, 0.1) is 17.9 Å². The summed E-state index contributed by atoms with van der Waals surface area (Å²) in [4.78, 5) is 15.8. The van der Waals surface area contributed by atoms with Crippen molar-refractivity contribution in [3.8, 4) is 51.0 Å². The Morgan fingerprint density at radius 3 is 1.84 bits per heavy atom. The molecule has 0 atom stereocenters. The van der Waals surface area contributed by atoms with Gasteiger partial charge in [-0.25, -0.2) is 15.0 Å². The average Bonchev–Trinajstić information content (AvgIpc) is 4.00. The van der Waals surface area contributed by atoms with Crippen LogP contribution in [-0.2, 0) is 0 Å². The van der Waals surface area contributed by atoms with Crippen LogP contribution in [0.4, 0.5) is 0 Å². The highest BCUT2D eigenvalue weighted by molar-refractivity contribution is 7.26. The van der Waals surface area contributed by atoms with Crippen molar-refractivity contribution < 1.29 is 11.3 Å². The smallest absolute Gasteiger partial charge is 0.165 e. The van der Waals surface area contributed by atoms with Crippen LogP contribution in [0.2, 0.25) is 0 Å². The number of hydrogen-bond acceptors (Lipinski definition) is 5. The van der Waals surface area contributed by atoms with E-state index >= 15 is 0 Å². The second kappa shape index (κ2) is 12.6. The van der Waals surface area contributed by atoms with Crippen LogP contribution in [0.3, 0.4) is 0 Å². The number of rotatable bonds is 5. The lowest BCUT2D eigenvalue weighted by molar-refractivity contribution is 0.669. The molecule has 4 heterocycles. The monoisotopic (exact) mass is 751 g/mol. The minimum absolute atomic E-state index is 0.159. The highest BCUT2D eigenvalue weighted by Crippen LogP contribution is 2.46. The number of para-hydroxylation sites is 3. The van der Waals surface area contributed by atoms with Crippen molar-refractivity contribution in [3.05, 3.63) is 182 Å². The molecule has 0 bridgehead atoms. The molecule has 5 nitrogen and oxygen atoms in total. The van der Waals surface area contributed by atoms with Crippen molar-refractivity contribution in [1.29, 1.82) is 0 Å². The Balaban J connectivity index is 1.21. The number of nitrogens with zero attached hydrogens (tertiary/aromatic N) is 4.